The van der Waals surface area contributed by atoms with Gasteiger partial charge in [0.15, 0.2) is 0 Å². The fraction of sp³-hybridized carbons (Fsp3) is 0.533. The number of alkyl halides is 1. The Morgan fingerprint density at radius 3 is 2.67 bits per heavy atom. The van der Waals surface area contributed by atoms with Crippen LogP contribution in [0, 0.1) is 22.5 Å². The highest BCUT2D eigenvalue weighted by atomic mass is 35.5. The average molecular weight is 313 g/mol. The number of hydrogen-bond acceptors (Lipinski definition) is 3. The van der Waals surface area contributed by atoms with Crippen LogP contribution in [0.1, 0.15) is 42.6 Å². The second-order valence-corrected chi connectivity index (χ2v) is 6.30. The number of nitrogens with zero attached hydrogens (tertiary/aromatic N) is 1. The van der Waals surface area contributed by atoms with Crippen LogP contribution in [0.2, 0.25) is 0 Å². The average Bonchev–Trinajstić information content (AvgIpc) is 2.42. The number of nitrogens with one attached hydrogen (secondary N) is 1. The highest BCUT2D eigenvalue weighted by Gasteiger charge is 2.23. The summed E-state index contributed by atoms with van der Waals surface area (Å²) in [7, 11) is 0. The van der Waals surface area contributed by atoms with E-state index in [9.17, 15) is 14.9 Å². The van der Waals surface area contributed by atoms with Gasteiger partial charge in [-0.2, -0.15) is 0 Å². The number of rotatable bonds is 7. The highest BCUT2D eigenvalue weighted by molar-refractivity contribution is 6.17. The zero-order chi connectivity index (χ0) is 16.0. The molecule has 0 fully saturated rings. The van der Waals surface area contributed by atoms with E-state index >= 15 is 0 Å². The summed E-state index contributed by atoms with van der Waals surface area (Å²) in [5, 5.41) is 13.8. The molecule has 0 bridgehead atoms. The van der Waals surface area contributed by atoms with Gasteiger partial charge in [0.2, 0.25) is 0 Å². The van der Waals surface area contributed by atoms with Crippen LogP contribution in [0.4, 0.5) is 5.69 Å². The van der Waals surface area contributed by atoms with Gasteiger partial charge in [-0.25, -0.2) is 0 Å². The lowest BCUT2D eigenvalue weighted by atomic mass is 9.88. The van der Waals surface area contributed by atoms with Gasteiger partial charge in [0.1, 0.15) is 5.56 Å². The summed E-state index contributed by atoms with van der Waals surface area (Å²) in [6.07, 6.45) is 1.75. The third kappa shape index (κ3) is 5.34. The number of carbonyl (C=O) groups is 1. The topological polar surface area (TPSA) is 72.2 Å². The van der Waals surface area contributed by atoms with Crippen molar-refractivity contribution in [3.63, 3.8) is 0 Å². The monoisotopic (exact) mass is 312 g/mol. The molecule has 1 aromatic carbocycles. The number of amides is 1. The first kappa shape index (κ1) is 17.4. The largest absolute Gasteiger partial charge is 0.351 e. The van der Waals surface area contributed by atoms with Crippen LogP contribution in [0.15, 0.2) is 18.2 Å². The van der Waals surface area contributed by atoms with E-state index in [4.69, 9.17) is 11.6 Å². The Bertz CT molecular complexity index is 530. The maximum atomic E-state index is 12.2. The molecule has 0 unspecified atom stereocenters. The molecule has 0 aromatic heterocycles. The van der Waals surface area contributed by atoms with Crippen molar-refractivity contribution < 1.29 is 9.72 Å². The van der Waals surface area contributed by atoms with Crippen molar-refractivity contribution in [3.05, 3.63) is 39.4 Å². The molecule has 0 aliphatic heterocycles. The van der Waals surface area contributed by atoms with Crippen molar-refractivity contribution in [1.82, 2.24) is 5.32 Å². The van der Waals surface area contributed by atoms with Crippen LogP contribution >= 0.6 is 11.6 Å². The molecule has 1 amide bonds. The fourth-order valence-electron chi connectivity index (χ4n) is 2.04. The van der Waals surface area contributed by atoms with Gasteiger partial charge < -0.3 is 5.32 Å². The first-order valence-electron chi connectivity index (χ1n) is 6.86. The molecule has 0 saturated heterocycles. The molecule has 6 heteroatoms. The van der Waals surface area contributed by atoms with E-state index in [1.165, 1.54) is 6.07 Å². The van der Waals surface area contributed by atoms with Crippen LogP contribution < -0.4 is 5.32 Å². The van der Waals surface area contributed by atoms with Crippen molar-refractivity contribution in [2.45, 2.75) is 33.6 Å². The van der Waals surface area contributed by atoms with Gasteiger partial charge in [0, 0.05) is 18.5 Å². The number of hydrogen-bond donors (Lipinski definition) is 1. The molecule has 1 rings (SSSR count). The second kappa shape index (κ2) is 7.41. The van der Waals surface area contributed by atoms with Crippen molar-refractivity contribution in [2.75, 3.05) is 12.4 Å². The third-order valence-corrected chi connectivity index (χ3v) is 3.58. The van der Waals surface area contributed by atoms with Crippen molar-refractivity contribution in [2.24, 2.45) is 5.41 Å². The molecule has 1 N–H and O–H groups in total. The van der Waals surface area contributed by atoms with Gasteiger partial charge in [-0.1, -0.05) is 19.9 Å². The standard InChI is InChI=1S/C15H21ClN2O3/c1-11-5-6-13(18(20)21)12(9-11)14(19)17-10-15(2,3)7-4-8-16/h5-6,9H,4,7-8,10H2,1-3H3,(H,17,19). The van der Waals surface area contributed by atoms with Gasteiger partial charge in [0.25, 0.3) is 11.6 Å². The van der Waals surface area contributed by atoms with E-state index in [2.05, 4.69) is 5.32 Å². The van der Waals surface area contributed by atoms with Gasteiger partial charge in [-0.15, -0.1) is 11.6 Å². The Morgan fingerprint density at radius 1 is 1.43 bits per heavy atom. The molecule has 0 saturated carbocycles. The molecule has 5 nitrogen and oxygen atoms in total. The van der Waals surface area contributed by atoms with E-state index in [1.807, 2.05) is 13.8 Å². The molecule has 0 aliphatic carbocycles. The first-order chi connectivity index (χ1) is 9.76. The number of aryl methyl sites for hydroxylation is 1. The molecular formula is C15H21ClN2O3. The van der Waals surface area contributed by atoms with Crippen LogP contribution in [0.25, 0.3) is 0 Å². The number of benzene rings is 1. The van der Waals surface area contributed by atoms with E-state index in [0.717, 1.165) is 18.4 Å². The molecule has 0 heterocycles. The van der Waals surface area contributed by atoms with E-state index in [1.54, 1.807) is 19.1 Å². The lowest BCUT2D eigenvalue weighted by Gasteiger charge is -2.24. The summed E-state index contributed by atoms with van der Waals surface area (Å²) >= 11 is 5.68. The Hall–Kier alpha value is -1.62. The lowest BCUT2D eigenvalue weighted by molar-refractivity contribution is -0.385. The van der Waals surface area contributed by atoms with Gasteiger partial charge in [-0.3, -0.25) is 14.9 Å². The number of halogens is 1. The fourth-order valence-corrected chi connectivity index (χ4v) is 2.17. The summed E-state index contributed by atoms with van der Waals surface area (Å²) < 4.78 is 0. The SMILES string of the molecule is Cc1ccc([N+](=O)[O-])c(C(=O)NCC(C)(C)CCCCl)c1. The van der Waals surface area contributed by atoms with Gasteiger partial charge in [-0.05, 0) is 36.8 Å². The minimum atomic E-state index is -0.535. The lowest BCUT2D eigenvalue weighted by Crippen LogP contribution is -2.34. The number of nitro benzene ring substituents is 1. The van der Waals surface area contributed by atoms with Crippen LogP contribution in [0.5, 0.6) is 0 Å². The molecule has 0 radical (unpaired) electrons. The summed E-state index contributed by atoms with van der Waals surface area (Å²) in [5.74, 6) is 0.171. The van der Waals surface area contributed by atoms with Gasteiger partial charge >= 0.3 is 0 Å². The molecule has 116 valence electrons. The summed E-state index contributed by atoms with van der Waals surface area (Å²) in [6, 6.07) is 4.53. The number of nitro groups is 1. The van der Waals surface area contributed by atoms with E-state index in [0.29, 0.717) is 12.4 Å². The minimum Gasteiger partial charge on any atom is -0.351 e. The van der Waals surface area contributed by atoms with Crippen LogP contribution in [-0.4, -0.2) is 23.3 Å². The Balaban J connectivity index is 2.80. The predicted octanol–water partition coefficient (Wildman–Crippen LogP) is 3.68. The normalized spacial score (nSPS) is 11.2. The Kier molecular flexibility index (Phi) is 6.15. The Morgan fingerprint density at radius 2 is 2.10 bits per heavy atom. The first-order valence-corrected chi connectivity index (χ1v) is 7.39. The molecule has 0 spiro atoms. The van der Waals surface area contributed by atoms with Crippen molar-refractivity contribution in [3.8, 4) is 0 Å². The van der Waals surface area contributed by atoms with E-state index < -0.39 is 10.8 Å². The quantitative estimate of drug-likeness (QED) is 0.474. The highest BCUT2D eigenvalue weighted by Crippen LogP contribution is 2.23. The zero-order valence-electron chi connectivity index (χ0n) is 12.6. The maximum Gasteiger partial charge on any atom is 0.282 e. The molecular weight excluding hydrogens is 292 g/mol. The third-order valence-electron chi connectivity index (χ3n) is 3.31. The molecule has 1 aromatic rings. The minimum absolute atomic E-state index is 0.0941. The van der Waals surface area contributed by atoms with Crippen molar-refractivity contribution >= 4 is 23.2 Å². The summed E-state index contributed by atoms with van der Waals surface area (Å²) in [4.78, 5) is 22.7. The van der Waals surface area contributed by atoms with Crippen LogP contribution in [0.3, 0.4) is 0 Å². The zero-order valence-corrected chi connectivity index (χ0v) is 13.4. The summed E-state index contributed by atoms with van der Waals surface area (Å²) in [5.41, 5.74) is 0.653. The second-order valence-electron chi connectivity index (χ2n) is 5.92. The molecule has 21 heavy (non-hydrogen) atoms. The molecule has 0 atom stereocenters. The van der Waals surface area contributed by atoms with E-state index in [-0.39, 0.29) is 16.7 Å². The maximum absolute atomic E-state index is 12.2. The molecule has 0 aliphatic rings. The number of carbonyl (C=O) groups excluding carboxylic acids is 1. The Labute approximate surface area is 129 Å². The van der Waals surface area contributed by atoms with Gasteiger partial charge in [0.05, 0.1) is 4.92 Å². The van der Waals surface area contributed by atoms with Crippen LogP contribution in [-0.2, 0) is 0 Å². The van der Waals surface area contributed by atoms with Crippen molar-refractivity contribution in [1.29, 1.82) is 0 Å². The predicted molar refractivity (Wildman–Crippen MR) is 83.9 cm³/mol. The smallest absolute Gasteiger partial charge is 0.282 e. The summed E-state index contributed by atoms with van der Waals surface area (Å²) in [6.45, 7) is 6.31.